The highest BCUT2D eigenvalue weighted by Crippen LogP contribution is 2.27. The largest absolute Gasteiger partial charge is 0.478 e. The van der Waals surface area contributed by atoms with Crippen LogP contribution in [-0.4, -0.2) is 29.2 Å². The second-order valence-electron chi connectivity index (χ2n) is 5.27. The van der Waals surface area contributed by atoms with Gasteiger partial charge in [0, 0.05) is 12.1 Å². The van der Waals surface area contributed by atoms with Crippen LogP contribution in [0.4, 0.5) is 5.82 Å². The molecule has 0 unspecified atom stereocenters. The lowest BCUT2D eigenvalue weighted by molar-refractivity contribution is 0.387. The number of methoxy groups -OCH3 is 1. The van der Waals surface area contributed by atoms with E-state index < -0.39 is 0 Å². The summed E-state index contributed by atoms with van der Waals surface area (Å²) in [6, 6.07) is 8.20. The molecular formula is C15H20N4O. The summed E-state index contributed by atoms with van der Waals surface area (Å²) in [7, 11) is 1.62. The van der Waals surface area contributed by atoms with Gasteiger partial charge < -0.3 is 15.8 Å². The molecule has 3 N–H and O–H groups in total. The second-order valence-corrected chi connectivity index (χ2v) is 5.27. The van der Waals surface area contributed by atoms with E-state index in [1.807, 2.05) is 24.3 Å². The highest BCUT2D eigenvalue weighted by molar-refractivity contribution is 5.77. The molecule has 0 amide bonds. The van der Waals surface area contributed by atoms with Crippen LogP contribution in [0.15, 0.2) is 24.3 Å². The van der Waals surface area contributed by atoms with E-state index in [9.17, 15) is 0 Å². The van der Waals surface area contributed by atoms with Gasteiger partial charge in [-0.3, -0.25) is 0 Å². The maximum Gasteiger partial charge on any atom is 0.257 e. The Morgan fingerprint density at radius 3 is 2.55 bits per heavy atom. The number of benzene rings is 1. The Kier molecular flexibility index (Phi) is 3.69. The van der Waals surface area contributed by atoms with Crippen LogP contribution in [0, 0.1) is 0 Å². The first-order valence-electron chi connectivity index (χ1n) is 7.11. The van der Waals surface area contributed by atoms with E-state index in [-0.39, 0.29) is 12.1 Å². The molecule has 0 radical (unpaired) electrons. The van der Waals surface area contributed by atoms with Gasteiger partial charge in [0.2, 0.25) is 0 Å². The van der Waals surface area contributed by atoms with Gasteiger partial charge in [0.1, 0.15) is 0 Å². The number of hydrogen-bond acceptors (Lipinski definition) is 5. The number of rotatable bonds is 3. The number of para-hydroxylation sites is 2. The summed E-state index contributed by atoms with van der Waals surface area (Å²) in [5, 5.41) is 3.42. The first-order valence-corrected chi connectivity index (χ1v) is 7.11. The van der Waals surface area contributed by atoms with Gasteiger partial charge in [-0.1, -0.05) is 25.0 Å². The van der Waals surface area contributed by atoms with E-state index in [2.05, 4.69) is 15.3 Å². The molecule has 1 aliphatic carbocycles. The molecular weight excluding hydrogens is 252 g/mol. The summed E-state index contributed by atoms with van der Waals surface area (Å²) in [6.45, 7) is 0. The Labute approximate surface area is 118 Å². The molecule has 0 bridgehead atoms. The molecule has 1 saturated carbocycles. The topological polar surface area (TPSA) is 73.1 Å². The standard InChI is InChI=1S/C15H20N4O/c1-20-15-14(17-11-7-3-2-6-10(11)16)18-12-8-4-5-9-13(12)19-15/h4-5,8-11H,2-3,6-7,16H2,1H3,(H,17,18)/t10-,11-/m0/s1. The zero-order valence-corrected chi connectivity index (χ0v) is 11.7. The lowest BCUT2D eigenvalue weighted by Gasteiger charge is -2.30. The zero-order valence-electron chi connectivity index (χ0n) is 11.7. The van der Waals surface area contributed by atoms with Gasteiger partial charge in [0.15, 0.2) is 5.82 Å². The van der Waals surface area contributed by atoms with Gasteiger partial charge in [-0.25, -0.2) is 9.97 Å². The van der Waals surface area contributed by atoms with Crippen LogP contribution in [0.1, 0.15) is 25.7 Å². The molecule has 1 aromatic carbocycles. The van der Waals surface area contributed by atoms with Gasteiger partial charge in [-0.15, -0.1) is 0 Å². The summed E-state index contributed by atoms with van der Waals surface area (Å²) in [6.07, 6.45) is 4.54. The number of hydrogen-bond donors (Lipinski definition) is 2. The Morgan fingerprint density at radius 2 is 1.85 bits per heavy atom. The van der Waals surface area contributed by atoms with Crippen molar-refractivity contribution in [2.75, 3.05) is 12.4 Å². The van der Waals surface area contributed by atoms with Gasteiger partial charge >= 0.3 is 0 Å². The number of fused-ring (bicyclic) bond motifs is 1. The molecule has 20 heavy (non-hydrogen) atoms. The van der Waals surface area contributed by atoms with E-state index in [0.717, 1.165) is 23.9 Å². The van der Waals surface area contributed by atoms with Crippen LogP contribution in [0.25, 0.3) is 11.0 Å². The minimum atomic E-state index is 0.168. The van der Waals surface area contributed by atoms with Crippen molar-refractivity contribution in [2.45, 2.75) is 37.8 Å². The molecule has 1 aromatic heterocycles. The van der Waals surface area contributed by atoms with E-state index in [4.69, 9.17) is 10.5 Å². The van der Waals surface area contributed by atoms with Crippen LogP contribution in [0.3, 0.4) is 0 Å². The third-order valence-corrected chi connectivity index (χ3v) is 3.87. The van der Waals surface area contributed by atoms with Crippen molar-refractivity contribution >= 4 is 16.9 Å². The van der Waals surface area contributed by atoms with Crippen LogP contribution in [0.2, 0.25) is 0 Å². The molecule has 3 rings (SSSR count). The monoisotopic (exact) mass is 272 g/mol. The number of anilines is 1. The van der Waals surface area contributed by atoms with Crippen LogP contribution >= 0.6 is 0 Å². The molecule has 1 heterocycles. The fourth-order valence-corrected chi connectivity index (χ4v) is 2.73. The fraction of sp³-hybridized carbons (Fsp3) is 0.467. The van der Waals surface area contributed by atoms with Crippen molar-refractivity contribution in [2.24, 2.45) is 5.73 Å². The van der Waals surface area contributed by atoms with Crippen molar-refractivity contribution in [1.82, 2.24) is 9.97 Å². The second kappa shape index (κ2) is 5.63. The summed E-state index contributed by atoms with van der Waals surface area (Å²) in [5.41, 5.74) is 7.88. The van der Waals surface area contributed by atoms with Crippen molar-refractivity contribution < 1.29 is 4.74 Å². The minimum absolute atomic E-state index is 0.168. The van der Waals surface area contributed by atoms with E-state index in [1.165, 1.54) is 12.8 Å². The summed E-state index contributed by atoms with van der Waals surface area (Å²) in [4.78, 5) is 9.12. The normalized spacial score (nSPS) is 22.7. The lowest BCUT2D eigenvalue weighted by Crippen LogP contribution is -2.42. The molecule has 2 aromatic rings. The molecule has 1 fully saturated rings. The fourth-order valence-electron chi connectivity index (χ4n) is 2.73. The summed E-state index contributed by atoms with van der Waals surface area (Å²) < 4.78 is 5.35. The number of nitrogens with one attached hydrogen (secondary N) is 1. The smallest absolute Gasteiger partial charge is 0.257 e. The Balaban J connectivity index is 1.92. The third kappa shape index (κ3) is 2.54. The first-order chi connectivity index (χ1) is 9.78. The predicted molar refractivity (Wildman–Crippen MR) is 79.9 cm³/mol. The predicted octanol–water partition coefficient (Wildman–Crippen LogP) is 2.32. The van der Waals surface area contributed by atoms with Crippen molar-refractivity contribution in [3.05, 3.63) is 24.3 Å². The Bertz CT molecular complexity index is 601. The van der Waals surface area contributed by atoms with E-state index in [0.29, 0.717) is 11.7 Å². The number of ether oxygens (including phenoxy) is 1. The number of nitrogens with zero attached hydrogens (tertiary/aromatic N) is 2. The van der Waals surface area contributed by atoms with Gasteiger partial charge in [0.25, 0.3) is 5.88 Å². The van der Waals surface area contributed by atoms with Gasteiger partial charge in [-0.05, 0) is 25.0 Å². The van der Waals surface area contributed by atoms with Gasteiger partial charge in [0.05, 0.1) is 18.1 Å². The number of nitrogens with two attached hydrogens (primary N) is 1. The molecule has 0 saturated heterocycles. The molecule has 0 spiro atoms. The minimum Gasteiger partial charge on any atom is -0.478 e. The molecule has 0 aliphatic heterocycles. The summed E-state index contributed by atoms with van der Waals surface area (Å²) in [5.74, 6) is 1.22. The van der Waals surface area contributed by atoms with Gasteiger partial charge in [-0.2, -0.15) is 0 Å². The molecule has 2 atom stereocenters. The van der Waals surface area contributed by atoms with Crippen LogP contribution < -0.4 is 15.8 Å². The zero-order chi connectivity index (χ0) is 13.9. The summed E-state index contributed by atoms with van der Waals surface area (Å²) >= 11 is 0. The van der Waals surface area contributed by atoms with Crippen molar-refractivity contribution in [3.63, 3.8) is 0 Å². The highest BCUT2D eigenvalue weighted by Gasteiger charge is 2.23. The molecule has 5 heteroatoms. The number of aromatic nitrogens is 2. The van der Waals surface area contributed by atoms with Crippen molar-refractivity contribution in [3.8, 4) is 5.88 Å². The molecule has 1 aliphatic rings. The maximum absolute atomic E-state index is 6.18. The van der Waals surface area contributed by atoms with Crippen LogP contribution in [0.5, 0.6) is 5.88 Å². The quantitative estimate of drug-likeness (QED) is 0.897. The first kappa shape index (κ1) is 13.1. The highest BCUT2D eigenvalue weighted by atomic mass is 16.5. The maximum atomic E-state index is 6.18. The van der Waals surface area contributed by atoms with Crippen LogP contribution in [-0.2, 0) is 0 Å². The van der Waals surface area contributed by atoms with Crippen molar-refractivity contribution in [1.29, 1.82) is 0 Å². The average molecular weight is 272 g/mol. The SMILES string of the molecule is COc1nc2ccccc2nc1N[C@H]1CCCC[C@@H]1N. The Hall–Kier alpha value is -1.88. The molecule has 5 nitrogen and oxygen atoms in total. The molecule has 106 valence electrons. The van der Waals surface area contributed by atoms with E-state index in [1.54, 1.807) is 7.11 Å². The third-order valence-electron chi connectivity index (χ3n) is 3.87. The average Bonchev–Trinajstić information content (AvgIpc) is 2.49. The lowest BCUT2D eigenvalue weighted by atomic mass is 9.91. The van der Waals surface area contributed by atoms with E-state index >= 15 is 0 Å². The Morgan fingerprint density at radius 1 is 1.15 bits per heavy atom.